The molecule has 8 heteroatoms. The van der Waals surface area contributed by atoms with Crippen LogP contribution in [0.25, 0.3) is 0 Å². The van der Waals surface area contributed by atoms with E-state index in [9.17, 15) is 24.6 Å². The minimum absolute atomic E-state index is 0. The number of carbonyl (C=O) groups excluding carboxylic acids is 3. The molecule has 1 aromatic carbocycles. The summed E-state index contributed by atoms with van der Waals surface area (Å²) in [7, 11) is 3.38. The molecule has 1 aromatic rings. The van der Waals surface area contributed by atoms with Gasteiger partial charge in [0, 0.05) is 14.1 Å². The number of carboxylic acids is 2. The third-order valence-corrected chi connectivity index (χ3v) is 1.57. The van der Waals surface area contributed by atoms with E-state index in [0.29, 0.717) is 0 Å². The van der Waals surface area contributed by atoms with Crippen LogP contribution < -0.4 is 10.2 Å². The van der Waals surface area contributed by atoms with E-state index in [1.807, 2.05) is 0 Å². The van der Waals surface area contributed by atoms with Crippen LogP contribution in [0.5, 0.6) is 0 Å². The first-order valence-electron chi connectivity index (χ1n) is 4.53. The number of aromatic carboxylic acids is 2. The van der Waals surface area contributed by atoms with E-state index < -0.39 is 11.9 Å². The van der Waals surface area contributed by atoms with Gasteiger partial charge in [-0.3, -0.25) is 4.79 Å². The summed E-state index contributed by atoms with van der Waals surface area (Å²) >= 11 is 0. The Balaban J connectivity index is -0.000000320. The summed E-state index contributed by atoms with van der Waals surface area (Å²) in [4.78, 5) is 31.3. The molecule has 0 saturated carbocycles. The quantitative estimate of drug-likeness (QED) is 0.466. The molecule has 1 N–H and O–H groups in total. The zero-order valence-electron chi connectivity index (χ0n) is 10.2. The van der Waals surface area contributed by atoms with Crippen LogP contribution in [0.3, 0.4) is 0 Å². The molecule has 7 nitrogen and oxygen atoms in total. The maximum absolute atomic E-state index is 10.2. The monoisotopic (exact) mass is 310 g/mol. The third-order valence-electron chi connectivity index (χ3n) is 1.57. The Hall–Kier alpha value is -1.89. The predicted octanol–water partition coefficient (Wildman–Crippen LogP) is -2.06. The second-order valence-corrected chi connectivity index (χ2v) is 3.22. The molecule has 0 fully saturated rings. The summed E-state index contributed by atoms with van der Waals surface area (Å²) in [5, 5.41) is 20.4. The normalized spacial score (nSPS) is 7.68. The Morgan fingerprint density at radius 2 is 1.21 bits per heavy atom. The maximum Gasteiger partial charge on any atom is 3.00 e. The number of hydrogen-bond acceptors (Lipinski definition) is 6. The first kappa shape index (κ1) is 22.3. The zero-order valence-corrected chi connectivity index (χ0v) is 11.3. The molecule has 0 spiro atoms. The molecule has 1 radical (unpaired) electrons. The van der Waals surface area contributed by atoms with Crippen LogP contribution in [0, 0.1) is 0 Å². The fourth-order valence-electron chi connectivity index (χ4n) is 0.742. The van der Waals surface area contributed by atoms with Crippen molar-refractivity contribution in [1.29, 1.82) is 0 Å². The van der Waals surface area contributed by atoms with Crippen LogP contribution >= 0.6 is 0 Å². The van der Waals surface area contributed by atoms with Crippen molar-refractivity contribution in [2.75, 3.05) is 14.1 Å². The van der Waals surface area contributed by atoms with Gasteiger partial charge in [-0.05, 0) is 11.1 Å². The molecule has 0 bridgehead atoms. The molecular formula is C11H12FeNO6. The fourth-order valence-corrected chi connectivity index (χ4v) is 0.742. The van der Waals surface area contributed by atoms with Crippen molar-refractivity contribution in [3.63, 3.8) is 0 Å². The van der Waals surface area contributed by atoms with Gasteiger partial charge in [0.1, 0.15) is 0 Å². The molecule has 0 aliphatic heterocycles. The summed E-state index contributed by atoms with van der Waals surface area (Å²) in [6.45, 7) is 0. The van der Waals surface area contributed by atoms with Gasteiger partial charge in [-0.25, -0.2) is 0 Å². The molecule has 0 saturated heterocycles. The van der Waals surface area contributed by atoms with Crippen LogP contribution in [-0.4, -0.2) is 42.8 Å². The minimum Gasteiger partial charge on any atom is -0.870 e. The molecular weight excluding hydrogens is 298 g/mol. The van der Waals surface area contributed by atoms with Crippen molar-refractivity contribution in [3.8, 4) is 0 Å². The average molecular weight is 310 g/mol. The summed E-state index contributed by atoms with van der Waals surface area (Å²) in [6, 6.07) is 4.61. The number of amides is 1. The van der Waals surface area contributed by atoms with Gasteiger partial charge >= 0.3 is 17.1 Å². The molecule has 0 aromatic heterocycles. The van der Waals surface area contributed by atoms with E-state index in [1.165, 1.54) is 4.90 Å². The van der Waals surface area contributed by atoms with Gasteiger partial charge < -0.3 is 30.2 Å². The van der Waals surface area contributed by atoms with Crippen molar-refractivity contribution in [1.82, 2.24) is 4.90 Å². The molecule has 1 rings (SSSR count). The van der Waals surface area contributed by atoms with Gasteiger partial charge in [0.25, 0.3) is 0 Å². The van der Waals surface area contributed by atoms with Crippen molar-refractivity contribution < 1.29 is 47.1 Å². The Morgan fingerprint density at radius 3 is 1.32 bits per heavy atom. The number of hydrogen-bond donors (Lipinski definition) is 0. The maximum atomic E-state index is 10.2. The average Bonchev–Trinajstić information content (AvgIpc) is 2.29. The van der Waals surface area contributed by atoms with Crippen LogP contribution in [-0.2, 0) is 21.9 Å². The van der Waals surface area contributed by atoms with Crippen LogP contribution in [0.2, 0.25) is 0 Å². The van der Waals surface area contributed by atoms with Gasteiger partial charge in [-0.15, -0.1) is 0 Å². The minimum atomic E-state index is -1.33. The number of carboxylic acid groups (broad SMARTS) is 2. The van der Waals surface area contributed by atoms with E-state index in [0.717, 1.165) is 30.7 Å². The van der Waals surface area contributed by atoms with Gasteiger partial charge in [-0.1, -0.05) is 24.3 Å². The van der Waals surface area contributed by atoms with E-state index in [2.05, 4.69) is 0 Å². The fraction of sp³-hybridized carbons (Fsp3) is 0.182. The molecule has 105 valence electrons. The molecule has 1 amide bonds. The second-order valence-electron chi connectivity index (χ2n) is 3.22. The van der Waals surface area contributed by atoms with Gasteiger partial charge in [0.05, 0.1) is 11.9 Å². The van der Waals surface area contributed by atoms with Crippen LogP contribution in [0.1, 0.15) is 20.7 Å². The number of carbonyl (C=O) groups is 3. The summed E-state index contributed by atoms with van der Waals surface area (Å²) in [5.74, 6) is -2.67. The zero-order chi connectivity index (χ0) is 13.4. The number of rotatable bonds is 3. The summed E-state index contributed by atoms with van der Waals surface area (Å²) in [5.41, 5.74) is -0.111. The Bertz CT molecular complexity index is 371. The third kappa shape index (κ3) is 9.78. The van der Waals surface area contributed by atoms with Crippen molar-refractivity contribution in [2.45, 2.75) is 0 Å². The standard InChI is InChI=1S/C8H6O4.C3H7NO.Fe.H2O/c9-7(10)5-1-2-6(4-3-5)8(11)12;1-4(2)3-5;;/h1-4H,(H,9,10)(H,11,12);3H,1-2H3;;1H2/q;;+3;/p-3. The topological polar surface area (TPSA) is 131 Å². The largest absolute Gasteiger partial charge is 3.00 e. The Morgan fingerprint density at radius 1 is 1.00 bits per heavy atom. The first-order valence-corrected chi connectivity index (χ1v) is 4.53. The van der Waals surface area contributed by atoms with E-state index >= 15 is 0 Å². The van der Waals surface area contributed by atoms with E-state index in [-0.39, 0.29) is 33.7 Å². The van der Waals surface area contributed by atoms with Crippen LogP contribution in [0.15, 0.2) is 24.3 Å². The van der Waals surface area contributed by atoms with Crippen LogP contribution in [0.4, 0.5) is 0 Å². The Labute approximate surface area is 120 Å². The molecule has 0 aliphatic carbocycles. The smallest absolute Gasteiger partial charge is 0.870 e. The van der Waals surface area contributed by atoms with Crippen molar-refractivity contribution in [3.05, 3.63) is 35.4 Å². The molecule has 19 heavy (non-hydrogen) atoms. The van der Waals surface area contributed by atoms with Gasteiger partial charge in [-0.2, -0.15) is 0 Å². The van der Waals surface area contributed by atoms with Gasteiger partial charge in [0.15, 0.2) is 0 Å². The number of nitrogens with zero attached hydrogens (tertiary/aromatic N) is 1. The van der Waals surface area contributed by atoms with E-state index in [4.69, 9.17) is 0 Å². The number of benzene rings is 1. The second kappa shape index (κ2) is 11.2. The molecule has 0 unspecified atom stereocenters. The van der Waals surface area contributed by atoms with Crippen molar-refractivity contribution >= 4 is 18.3 Å². The first-order chi connectivity index (χ1) is 7.88. The Kier molecular flexibility index (Phi) is 13.2. The molecule has 0 atom stereocenters. The molecule has 0 aliphatic rings. The molecule has 0 heterocycles. The predicted molar refractivity (Wildman–Crippen MR) is 56.8 cm³/mol. The SMILES string of the molecule is CN(C)C=O.O=C([O-])c1ccc(C(=O)[O-])cc1.[Fe+3].[OH-]. The van der Waals surface area contributed by atoms with Crippen molar-refractivity contribution in [2.24, 2.45) is 0 Å². The summed E-state index contributed by atoms with van der Waals surface area (Å²) < 4.78 is 0. The van der Waals surface area contributed by atoms with E-state index in [1.54, 1.807) is 14.1 Å². The summed E-state index contributed by atoms with van der Waals surface area (Å²) in [6.07, 6.45) is 0.750. The van der Waals surface area contributed by atoms with Gasteiger partial charge in [0.2, 0.25) is 6.41 Å².